The second-order valence-corrected chi connectivity index (χ2v) is 4.65. The van der Waals surface area contributed by atoms with Crippen molar-refractivity contribution in [3.63, 3.8) is 0 Å². The minimum atomic E-state index is 0.515. The summed E-state index contributed by atoms with van der Waals surface area (Å²) in [5.74, 6) is 0.678. The molecule has 2 rings (SSSR count). The predicted octanol–water partition coefficient (Wildman–Crippen LogP) is 2.76. The number of pyridine rings is 1. The summed E-state index contributed by atoms with van der Waals surface area (Å²) in [6.45, 7) is 5.09. The number of nitrogens with zero attached hydrogens (tertiary/aromatic N) is 1. The Morgan fingerprint density at radius 1 is 1.15 bits per heavy atom. The third kappa shape index (κ3) is 3.68. The Balaban J connectivity index is 2.22. The van der Waals surface area contributed by atoms with E-state index in [1.165, 1.54) is 10.9 Å². The molecule has 0 radical (unpaired) electrons. The summed E-state index contributed by atoms with van der Waals surface area (Å²) in [5, 5.41) is 5.66. The summed E-state index contributed by atoms with van der Waals surface area (Å²) in [5.41, 5.74) is 1.20. The lowest BCUT2D eigenvalue weighted by Gasteiger charge is -2.11. The van der Waals surface area contributed by atoms with Crippen molar-refractivity contribution in [3.8, 4) is 5.88 Å². The zero-order valence-electron chi connectivity index (χ0n) is 12.2. The standard InChI is InChI=1S/C16H22N2O2/c1-3-8-17-11-13-12-18-16(20-10-9-19-2)15-7-5-4-6-14(13)15/h4-7,12,17H,3,8-11H2,1-2H3. The van der Waals surface area contributed by atoms with Crippen LogP contribution >= 0.6 is 0 Å². The van der Waals surface area contributed by atoms with Crippen molar-refractivity contribution in [1.82, 2.24) is 10.3 Å². The highest BCUT2D eigenvalue weighted by atomic mass is 16.5. The summed E-state index contributed by atoms with van der Waals surface area (Å²) in [6.07, 6.45) is 3.02. The van der Waals surface area contributed by atoms with E-state index in [9.17, 15) is 0 Å². The quantitative estimate of drug-likeness (QED) is 0.752. The van der Waals surface area contributed by atoms with Gasteiger partial charge in [0.05, 0.1) is 6.61 Å². The van der Waals surface area contributed by atoms with Crippen LogP contribution < -0.4 is 10.1 Å². The Morgan fingerprint density at radius 3 is 2.70 bits per heavy atom. The van der Waals surface area contributed by atoms with Crippen molar-refractivity contribution in [2.45, 2.75) is 19.9 Å². The van der Waals surface area contributed by atoms with Crippen molar-refractivity contribution >= 4 is 10.8 Å². The van der Waals surface area contributed by atoms with Gasteiger partial charge in [0.2, 0.25) is 5.88 Å². The second kappa shape index (κ2) is 7.82. The zero-order chi connectivity index (χ0) is 14.2. The molecule has 0 saturated carbocycles. The van der Waals surface area contributed by atoms with Gasteiger partial charge in [-0.2, -0.15) is 0 Å². The predicted molar refractivity (Wildman–Crippen MR) is 81.1 cm³/mol. The molecule has 0 amide bonds. The first-order valence-corrected chi connectivity index (χ1v) is 7.06. The molecule has 0 saturated heterocycles. The fourth-order valence-electron chi connectivity index (χ4n) is 2.10. The first-order chi connectivity index (χ1) is 9.86. The van der Waals surface area contributed by atoms with Crippen molar-refractivity contribution in [2.24, 2.45) is 0 Å². The molecule has 0 unspecified atom stereocenters. The van der Waals surface area contributed by atoms with Crippen LogP contribution in [-0.2, 0) is 11.3 Å². The highest BCUT2D eigenvalue weighted by Gasteiger charge is 2.07. The fourth-order valence-corrected chi connectivity index (χ4v) is 2.10. The molecule has 0 atom stereocenters. The van der Waals surface area contributed by atoms with Crippen LogP contribution in [0.5, 0.6) is 5.88 Å². The minimum absolute atomic E-state index is 0.515. The van der Waals surface area contributed by atoms with E-state index in [2.05, 4.69) is 23.3 Å². The second-order valence-electron chi connectivity index (χ2n) is 4.65. The lowest BCUT2D eigenvalue weighted by molar-refractivity contribution is 0.144. The summed E-state index contributed by atoms with van der Waals surface area (Å²) in [7, 11) is 1.66. The molecular weight excluding hydrogens is 252 g/mol. The number of ether oxygens (including phenoxy) is 2. The zero-order valence-corrected chi connectivity index (χ0v) is 12.2. The average Bonchev–Trinajstić information content (AvgIpc) is 2.49. The molecular formula is C16H22N2O2. The molecule has 108 valence electrons. The maximum Gasteiger partial charge on any atom is 0.221 e. The van der Waals surface area contributed by atoms with Gasteiger partial charge in [-0.25, -0.2) is 4.98 Å². The SMILES string of the molecule is CCCNCc1cnc(OCCOC)c2ccccc12. The van der Waals surface area contributed by atoms with Crippen molar-refractivity contribution in [1.29, 1.82) is 0 Å². The first-order valence-electron chi connectivity index (χ1n) is 7.06. The number of nitrogens with one attached hydrogen (secondary N) is 1. The number of aromatic nitrogens is 1. The number of fused-ring (bicyclic) bond motifs is 1. The Hall–Kier alpha value is -1.65. The lowest BCUT2D eigenvalue weighted by atomic mass is 10.1. The van der Waals surface area contributed by atoms with Crippen LogP contribution in [0.4, 0.5) is 0 Å². The van der Waals surface area contributed by atoms with Gasteiger partial charge in [-0.15, -0.1) is 0 Å². The van der Waals surface area contributed by atoms with Gasteiger partial charge in [-0.1, -0.05) is 25.1 Å². The maximum absolute atomic E-state index is 5.68. The van der Waals surface area contributed by atoms with Gasteiger partial charge in [-0.3, -0.25) is 0 Å². The normalized spacial score (nSPS) is 10.9. The van der Waals surface area contributed by atoms with E-state index < -0.39 is 0 Å². The Bertz CT molecular complexity index is 494. The van der Waals surface area contributed by atoms with E-state index >= 15 is 0 Å². The van der Waals surface area contributed by atoms with Crippen LogP contribution in [0.1, 0.15) is 18.9 Å². The Kier molecular flexibility index (Phi) is 5.77. The third-order valence-electron chi connectivity index (χ3n) is 3.11. The summed E-state index contributed by atoms with van der Waals surface area (Å²) in [6, 6.07) is 8.22. The maximum atomic E-state index is 5.68. The molecule has 2 aromatic rings. The number of hydrogen-bond acceptors (Lipinski definition) is 4. The van der Waals surface area contributed by atoms with Crippen LogP contribution in [0, 0.1) is 0 Å². The van der Waals surface area contributed by atoms with E-state index in [0.717, 1.165) is 24.9 Å². The van der Waals surface area contributed by atoms with Crippen LogP contribution in [0.25, 0.3) is 10.8 Å². The topological polar surface area (TPSA) is 43.4 Å². The van der Waals surface area contributed by atoms with Crippen molar-refractivity contribution in [2.75, 3.05) is 26.9 Å². The van der Waals surface area contributed by atoms with E-state index in [4.69, 9.17) is 9.47 Å². The van der Waals surface area contributed by atoms with Gasteiger partial charge in [0.25, 0.3) is 0 Å². The highest BCUT2D eigenvalue weighted by molar-refractivity contribution is 5.89. The average molecular weight is 274 g/mol. The highest BCUT2D eigenvalue weighted by Crippen LogP contribution is 2.26. The molecule has 1 N–H and O–H groups in total. The molecule has 20 heavy (non-hydrogen) atoms. The number of benzene rings is 1. The molecule has 0 fully saturated rings. The molecule has 0 bridgehead atoms. The van der Waals surface area contributed by atoms with Crippen molar-refractivity contribution in [3.05, 3.63) is 36.0 Å². The lowest BCUT2D eigenvalue weighted by Crippen LogP contribution is -2.14. The van der Waals surface area contributed by atoms with Crippen LogP contribution in [0.2, 0.25) is 0 Å². The molecule has 1 aromatic carbocycles. The molecule has 0 aliphatic carbocycles. The van der Waals surface area contributed by atoms with E-state index in [1.807, 2.05) is 24.4 Å². The van der Waals surface area contributed by atoms with Gasteiger partial charge in [0.1, 0.15) is 6.61 Å². The van der Waals surface area contributed by atoms with Gasteiger partial charge in [0, 0.05) is 25.2 Å². The van der Waals surface area contributed by atoms with Gasteiger partial charge in [-0.05, 0) is 30.0 Å². The number of rotatable bonds is 8. The monoisotopic (exact) mass is 274 g/mol. The minimum Gasteiger partial charge on any atom is -0.475 e. The van der Waals surface area contributed by atoms with Gasteiger partial charge < -0.3 is 14.8 Å². The largest absolute Gasteiger partial charge is 0.475 e. The summed E-state index contributed by atoms with van der Waals surface area (Å²) >= 11 is 0. The van der Waals surface area contributed by atoms with E-state index in [-0.39, 0.29) is 0 Å². The Morgan fingerprint density at radius 2 is 1.95 bits per heavy atom. The third-order valence-corrected chi connectivity index (χ3v) is 3.11. The van der Waals surface area contributed by atoms with Gasteiger partial charge in [0.15, 0.2) is 0 Å². The number of methoxy groups -OCH3 is 1. The molecule has 1 heterocycles. The van der Waals surface area contributed by atoms with Gasteiger partial charge >= 0.3 is 0 Å². The molecule has 1 aromatic heterocycles. The number of hydrogen-bond donors (Lipinski definition) is 1. The van der Waals surface area contributed by atoms with Crippen LogP contribution in [0.15, 0.2) is 30.5 Å². The fraction of sp³-hybridized carbons (Fsp3) is 0.438. The molecule has 4 heteroatoms. The summed E-state index contributed by atoms with van der Waals surface area (Å²) < 4.78 is 10.7. The molecule has 0 aliphatic heterocycles. The Labute approximate surface area is 120 Å². The molecule has 0 aliphatic rings. The van der Waals surface area contributed by atoms with Crippen molar-refractivity contribution < 1.29 is 9.47 Å². The van der Waals surface area contributed by atoms with E-state index in [0.29, 0.717) is 19.1 Å². The van der Waals surface area contributed by atoms with Crippen LogP contribution in [0.3, 0.4) is 0 Å². The van der Waals surface area contributed by atoms with E-state index in [1.54, 1.807) is 7.11 Å². The smallest absolute Gasteiger partial charge is 0.221 e. The van der Waals surface area contributed by atoms with Crippen LogP contribution in [-0.4, -0.2) is 31.9 Å². The first kappa shape index (κ1) is 14.8. The summed E-state index contributed by atoms with van der Waals surface area (Å²) in [4.78, 5) is 4.44. The molecule has 4 nitrogen and oxygen atoms in total. The molecule has 0 spiro atoms.